The Morgan fingerprint density at radius 3 is 2.95 bits per heavy atom. The fraction of sp³-hybridized carbons (Fsp3) is 0.750. The predicted molar refractivity (Wildman–Crippen MR) is 80.6 cm³/mol. The number of hydrogen-bond acceptors (Lipinski definition) is 4. The Balaban J connectivity index is 1.49. The van der Waals surface area contributed by atoms with E-state index in [1.165, 1.54) is 12.8 Å². The smallest absolute Gasteiger partial charge is 0.323 e. The summed E-state index contributed by atoms with van der Waals surface area (Å²) in [6.45, 7) is 4.91. The van der Waals surface area contributed by atoms with Gasteiger partial charge in [0.2, 0.25) is 0 Å². The first-order chi connectivity index (χ1) is 10.6. The topological polar surface area (TPSA) is 67.6 Å². The number of anilines is 1. The second kappa shape index (κ2) is 4.98. The Bertz CT molecular complexity index is 583. The van der Waals surface area contributed by atoms with Crippen LogP contribution in [0.5, 0.6) is 0 Å². The van der Waals surface area contributed by atoms with Crippen LogP contribution in [0.3, 0.4) is 0 Å². The number of aromatic nitrogens is 1. The minimum absolute atomic E-state index is 0.0780. The summed E-state index contributed by atoms with van der Waals surface area (Å²) in [7, 11) is 1.77. The number of nitrogens with one attached hydrogen (secondary N) is 1. The third-order valence-electron chi connectivity index (χ3n) is 5.68. The van der Waals surface area contributed by atoms with Gasteiger partial charge in [0.1, 0.15) is 5.76 Å². The molecule has 3 aliphatic rings. The van der Waals surface area contributed by atoms with Crippen molar-refractivity contribution in [2.24, 2.45) is 17.8 Å². The molecule has 22 heavy (non-hydrogen) atoms. The Kier molecular flexibility index (Phi) is 3.18. The van der Waals surface area contributed by atoms with E-state index in [9.17, 15) is 4.79 Å². The third-order valence-corrected chi connectivity index (χ3v) is 5.68. The highest BCUT2D eigenvalue weighted by molar-refractivity contribution is 5.89. The number of nitrogens with zero attached hydrogens (tertiary/aromatic N) is 2. The maximum absolute atomic E-state index is 12.6. The van der Waals surface area contributed by atoms with Crippen LogP contribution >= 0.6 is 0 Å². The molecule has 0 spiro atoms. The molecule has 5 unspecified atom stereocenters. The van der Waals surface area contributed by atoms with Crippen molar-refractivity contribution in [3.63, 3.8) is 0 Å². The van der Waals surface area contributed by atoms with Gasteiger partial charge in [0.15, 0.2) is 5.82 Å². The fourth-order valence-corrected chi connectivity index (χ4v) is 4.76. The second-order valence-electron chi connectivity index (χ2n) is 7.20. The molecule has 3 fully saturated rings. The van der Waals surface area contributed by atoms with E-state index in [4.69, 9.17) is 9.26 Å². The van der Waals surface area contributed by atoms with Crippen molar-refractivity contribution in [3.8, 4) is 0 Å². The average molecular weight is 305 g/mol. The standard InChI is InChI=1S/C16H23N3O3/c1-8(2)12-6-13(18-22-12)17-16(20)19-7-10-4-9-5-11(10)14(19)15(9)21-3/h6,8-11,14-15H,4-5,7H2,1-3H3,(H,17,18,20). The van der Waals surface area contributed by atoms with Crippen molar-refractivity contribution in [1.29, 1.82) is 0 Å². The van der Waals surface area contributed by atoms with Gasteiger partial charge in [-0.2, -0.15) is 0 Å². The zero-order chi connectivity index (χ0) is 15.4. The second-order valence-corrected chi connectivity index (χ2v) is 7.20. The van der Waals surface area contributed by atoms with Crippen LogP contribution in [0.25, 0.3) is 0 Å². The van der Waals surface area contributed by atoms with Crippen molar-refractivity contribution in [2.75, 3.05) is 19.0 Å². The maximum atomic E-state index is 12.6. The number of hydrogen-bond donors (Lipinski definition) is 1. The van der Waals surface area contributed by atoms with Gasteiger partial charge >= 0.3 is 6.03 Å². The molecule has 2 aliphatic carbocycles. The minimum Gasteiger partial charge on any atom is -0.379 e. The Morgan fingerprint density at radius 2 is 2.27 bits per heavy atom. The number of amides is 2. The van der Waals surface area contributed by atoms with E-state index in [1.807, 2.05) is 18.7 Å². The van der Waals surface area contributed by atoms with Crippen LogP contribution in [-0.4, -0.2) is 41.9 Å². The lowest BCUT2D eigenvalue weighted by molar-refractivity contribution is 0.0202. The Labute approximate surface area is 130 Å². The molecule has 1 aromatic heterocycles. The van der Waals surface area contributed by atoms with Gasteiger partial charge in [0.25, 0.3) is 0 Å². The molecule has 4 rings (SSSR count). The van der Waals surface area contributed by atoms with Gasteiger partial charge in [0, 0.05) is 25.6 Å². The molecule has 0 radical (unpaired) electrons. The van der Waals surface area contributed by atoms with Gasteiger partial charge < -0.3 is 14.2 Å². The van der Waals surface area contributed by atoms with Gasteiger partial charge in [0.05, 0.1) is 12.1 Å². The van der Waals surface area contributed by atoms with Crippen LogP contribution in [0.4, 0.5) is 10.6 Å². The summed E-state index contributed by atoms with van der Waals surface area (Å²) in [6.07, 6.45) is 2.60. The molecular formula is C16H23N3O3. The summed E-state index contributed by atoms with van der Waals surface area (Å²) in [5.41, 5.74) is 0. The zero-order valence-electron chi connectivity index (χ0n) is 13.3. The molecule has 1 aromatic rings. The molecule has 2 amide bonds. The molecular weight excluding hydrogens is 282 g/mol. The number of fused-ring (bicyclic) bond motifs is 1. The van der Waals surface area contributed by atoms with E-state index in [-0.39, 0.29) is 24.1 Å². The summed E-state index contributed by atoms with van der Waals surface area (Å²) in [4.78, 5) is 14.6. The van der Waals surface area contributed by atoms with Gasteiger partial charge in [-0.05, 0) is 30.6 Å². The minimum atomic E-state index is -0.0780. The number of methoxy groups -OCH3 is 1. The monoisotopic (exact) mass is 305 g/mol. The zero-order valence-corrected chi connectivity index (χ0v) is 13.3. The van der Waals surface area contributed by atoms with Crippen LogP contribution in [0.2, 0.25) is 0 Å². The lowest BCUT2D eigenvalue weighted by Crippen LogP contribution is -2.46. The average Bonchev–Trinajstić information content (AvgIpc) is 3.18. The number of urea groups is 1. The predicted octanol–water partition coefficient (Wildman–Crippen LogP) is 2.69. The molecule has 2 heterocycles. The van der Waals surface area contributed by atoms with Crippen molar-refractivity contribution in [1.82, 2.24) is 10.1 Å². The van der Waals surface area contributed by atoms with E-state index >= 15 is 0 Å². The lowest BCUT2D eigenvalue weighted by Gasteiger charge is -2.31. The first-order valence-electron chi connectivity index (χ1n) is 8.15. The van der Waals surface area contributed by atoms with Crippen LogP contribution in [0.1, 0.15) is 38.4 Å². The van der Waals surface area contributed by atoms with E-state index in [2.05, 4.69) is 10.5 Å². The first kappa shape index (κ1) is 14.1. The summed E-state index contributed by atoms with van der Waals surface area (Å²) >= 11 is 0. The van der Waals surface area contributed by atoms with Crippen LogP contribution < -0.4 is 5.32 Å². The molecule has 2 bridgehead atoms. The van der Waals surface area contributed by atoms with Gasteiger partial charge in [-0.3, -0.25) is 5.32 Å². The van der Waals surface area contributed by atoms with E-state index in [0.717, 1.165) is 12.3 Å². The van der Waals surface area contributed by atoms with Crippen molar-refractivity contribution in [2.45, 2.75) is 44.8 Å². The SMILES string of the molecule is COC1C2CC3CN(C(=O)Nc4cc(C(C)C)on4)C1C3C2. The summed E-state index contributed by atoms with van der Waals surface area (Å²) in [6, 6.07) is 1.95. The molecule has 1 aliphatic heterocycles. The molecule has 1 N–H and O–H groups in total. The highest BCUT2D eigenvalue weighted by Crippen LogP contribution is 2.55. The lowest BCUT2D eigenvalue weighted by atomic mass is 9.88. The van der Waals surface area contributed by atoms with Crippen molar-refractivity contribution in [3.05, 3.63) is 11.8 Å². The van der Waals surface area contributed by atoms with E-state index < -0.39 is 0 Å². The van der Waals surface area contributed by atoms with E-state index in [1.54, 1.807) is 13.2 Å². The van der Waals surface area contributed by atoms with Crippen LogP contribution in [-0.2, 0) is 4.74 Å². The number of carbonyl (C=O) groups excluding carboxylic acids is 1. The van der Waals surface area contributed by atoms with Crippen molar-refractivity contribution < 1.29 is 14.1 Å². The van der Waals surface area contributed by atoms with Gasteiger partial charge in [-0.1, -0.05) is 19.0 Å². The van der Waals surface area contributed by atoms with Gasteiger partial charge in [-0.25, -0.2) is 4.79 Å². The molecule has 2 saturated carbocycles. The Morgan fingerprint density at radius 1 is 1.45 bits per heavy atom. The van der Waals surface area contributed by atoms with E-state index in [0.29, 0.717) is 23.6 Å². The number of rotatable bonds is 3. The first-order valence-corrected chi connectivity index (χ1v) is 8.15. The maximum Gasteiger partial charge on any atom is 0.323 e. The molecule has 120 valence electrons. The molecule has 1 saturated heterocycles. The summed E-state index contributed by atoms with van der Waals surface area (Å²) in [5.74, 6) is 3.43. The van der Waals surface area contributed by atoms with Gasteiger partial charge in [-0.15, -0.1) is 0 Å². The fourth-order valence-electron chi connectivity index (χ4n) is 4.76. The molecule has 6 nitrogen and oxygen atoms in total. The largest absolute Gasteiger partial charge is 0.379 e. The third kappa shape index (κ3) is 1.96. The number of likely N-dealkylation sites (tertiary alicyclic amines) is 1. The molecule has 0 aromatic carbocycles. The van der Waals surface area contributed by atoms with Crippen LogP contribution in [0.15, 0.2) is 10.6 Å². The highest BCUT2D eigenvalue weighted by Gasteiger charge is 2.60. The highest BCUT2D eigenvalue weighted by atomic mass is 16.5. The van der Waals surface area contributed by atoms with Crippen LogP contribution in [0, 0.1) is 17.8 Å². The summed E-state index contributed by atoms with van der Waals surface area (Å²) in [5, 5.41) is 6.82. The molecule has 6 heteroatoms. The number of ether oxygens (including phenoxy) is 1. The summed E-state index contributed by atoms with van der Waals surface area (Å²) < 4.78 is 10.9. The molecule has 5 atom stereocenters. The normalized spacial score (nSPS) is 35.6. The Hall–Kier alpha value is -1.56. The number of carbonyl (C=O) groups is 1. The quantitative estimate of drug-likeness (QED) is 0.932. The van der Waals surface area contributed by atoms with Crippen molar-refractivity contribution >= 4 is 11.8 Å².